The monoisotopic (exact) mass is 214 g/mol. The van der Waals surface area contributed by atoms with E-state index in [0.717, 1.165) is 0 Å². The van der Waals surface area contributed by atoms with Crippen LogP contribution in [0.1, 0.15) is 15.9 Å². The van der Waals surface area contributed by atoms with Crippen LogP contribution in [0, 0.1) is 0 Å². The average Bonchev–Trinajstić information content (AvgIpc) is 2.39. The Morgan fingerprint density at radius 3 is 2.69 bits per heavy atom. The van der Waals surface area contributed by atoms with Crippen LogP contribution in [0.5, 0.6) is 5.75 Å². The fraction of sp³-hybridized carbons (Fsp3) is 0.0833. The third-order valence-corrected chi connectivity index (χ3v) is 2.17. The average molecular weight is 214 g/mol. The molecule has 0 spiro atoms. The Morgan fingerprint density at radius 2 is 2.00 bits per heavy atom. The molecule has 2 heterocycles. The van der Waals surface area contributed by atoms with Crippen LogP contribution in [0.25, 0.3) is 0 Å². The van der Waals surface area contributed by atoms with Crippen LogP contribution in [-0.4, -0.2) is 22.9 Å². The molecule has 4 nitrogen and oxygen atoms in total. The van der Waals surface area contributed by atoms with Crippen LogP contribution in [0.15, 0.2) is 43.0 Å². The number of nitrogens with zero attached hydrogens (tertiary/aromatic N) is 2. The van der Waals surface area contributed by atoms with Gasteiger partial charge in [-0.25, -0.2) is 0 Å². The van der Waals surface area contributed by atoms with Crippen LogP contribution in [-0.2, 0) is 0 Å². The summed E-state index contributed by atoms with van der Waals surface area (Å²) in [5.74, 6) is 0.351. The van der Waals surface area contributed by atoms with Gasteiger partial charge in [-0.15, -0.1) is 0 Å². The van der Waals surface area contributed by atoms with Gasteiger partial charge >= 0.3 is 0 Å². The molecule has 0 unspecified atom stereocenters. The van der Waals surface area contributed by atoms with Crippen molar-refractivity contribution >= 4 is 5.78 Å². The van der Waals surface area contributed by atoms with Crippen molar-refractivity contribution in [1.82, 2.24) is 9.97 Å². The van der Waals surface area contributed by atoms with Crippen LogP contribution in [0.2, 0.25) is 0 Å². The minimum Gasteiger partial charge on any atom is -0.494 e. The van der Waals surface area contributed by atoms with Crippen molar-refractivity contribution in [1.29, 1.82) is 0 Å². The standard InChI is InChI=1S/C12H10N2O2/c1-16-11-8-14-6-4-10(11)12(15)9-3-2-5-13-7-9/h2-8H,1H3. The number of ketones is 1. The Kier molecular flexibility index (Phi) is 2.91. The van der Waals surface area contributed by atoms with Gasteiger partial charge in [0.2, 0.25) is 0 Å². The maximum absolute atomic E-state index is 12.1. The van der Waals surface area contributed by atoms with E-state index in [1.165, 1.54) is 19.5 Å². The van der Waals surface area contributed by atoms with Crippen molar-refractivity contribution in [3.05, 3.63) is 54.1 Å². The molecule has 2 rings (SSSR count). The summed E-state index contributed by atoms with van der Waals surface area (Å²) < 4.78 is 5.08. The molecule has 2 aromatic heterocycles. The summed E-state index contributed by atoms with van der Waals surface area (Å²) in [6.45, 7) is 0. The van der Waals surface area contributed by atoms with Gasteiger partial charge in [-0.2, -0.15) is 0 Å². The Balaban J connectivity index is 2.42. The van der Waals surface area contributed by atoms with Crippen LogP contribution in [0.4, 0.5) is 0 Å². The Bertz CT molecular complexity index is 497. The topological polar surface area (TPSA) is 52.1 Å². The molecule has 0 aliphatic carbocycles. The number of pyridine rings is 2. The molecule has 0 saturated carbocycles. The first kappa shape index (κ1) is 10.3. The Hall–Kier alpha value is -2.23. The lowest BCUT2D eigenvalue weighted by Crippen LogP contribution is -2.04. The lowest BCUT2D eigenvalue weighted by atomic mass is 10.1. The zero-order valence-corrected chi connectivity index (χ0v) is 8.75. The Morgan fingerprint density at radius 1 is 1.19 bits per heavy atom. The summed E-state index contributed by atoms with van der Waals surface area (Å²) in [6, 6.07) is 5.07. The summed E-state index contributed by atoms with van der Waals surface area (Å²) >= 11 is 0. The van der Waals surface area contributed by atoms with Crippen molar-refractivity contribution < 1.29 is 9.53 Å². The fourth-order valence-corrected chi connectivity index (χ4v) is 1.38. The molecule has 0 aliphatic heterocycles. The second-order valence-electron chi connectivity index (χ2n) is 3.15. The summed E-state index contributed by atoms with van der Waals surface area (Å²) in [7, 11) is 1.51. The normalized spacial score (nSPS) is 9.81. The predicted molar refractivity (Wildman–Crippen MR) is 58.5 cm³/mol. The van der Waals surface area contributed by atoms with Gasteiger partial charge in [-0.3, -0.25) is 14.8 Å². The first-order valence-electron chi connectivity index (χ1n) is 4.75. The lowest BCUT2D eigenvalue weighted by molar-refractivity contribution is 0.103. The van der Waals surface area contributed by atoms with Crippen molar-refractivity contribution in [2.45, 2.75) is 0 Å². The number of methoxy groups -OCH3 is 1. The van der Waals surface area contributed by atoms with E-state index in [2.05, 4.69) is 9.97 Å². The molecule has 0 amide bonds. The number of carbonyl (C=O) groups is 1. The highest BCUT2D eigenvalue weighted by Gasteiger charge is 2.13. The van der Waals surface area contributed by atoms with E-state index in [1.807, 2.05) is 0 Å². The highest BCUT2D eigenvalue weighted by molar-refractivity contribution is 6.10. The zero-order chi connectivity index (χ0) is 11.4. The van der Waals surface area contributed by atoms with E-state index < -0.39 is 0 Å². The number of aromatic nitrogens is 2. The zero-order valence-electron chi connectivity index (χ0n) is 8.75. The predicted octanol–water partition coefficient (Wildman–Crippen LogP) is 1.72. The number of carbonyl (C=O) groups excluding carboxylic acids is 1. The summed E-state index contributed by atoms with van der Waals surface area (Å²) in [5.41, 5.74) is 1.03. The third kappa shape index (κ3) is 1.91. The van der Waals surface area contributed by atoms with Gasteiger partial charge in [-0.1, -0.05) is 0 Å². The summed E-state index contributed by atoms with van der Waals surface area (Å²) in [6.07, 6.45) is 6.23. The van der Waals surface area contributed by atoms with Gasteiger partial charge in [0.05, 0.1) is 18.9 Å². The van der Waals surface area contributed by atoms with Crippen molar-refractivity contribution in [2.24, 2.45) is 0 Å². The smallest absolute Gasteiger partial charge is 0.198 e. The second-order valence-corrected chi connectivity index (χ2v) is 3.15. The van der Waals surface area contributed by atoms with E-state index in [0.29, 0.717) is 16.9 Å². The minimum atomic E-state index is -0.118. The molecule has 0 N–H and O–H groups in total. The van der Waals surface area contributed by atoms with Gasteiger partial charge < -0.3 is 4.74 Å². The Labute approximate surface area is 92.9 Å². The molecular formula is C12H10N2O2. The van der Waals surface area contributed by atoms with E-state index in [4.69, 9.17) is 4.74 Å². The molecule has 0 atom stereocenters. The number of hydrogen-bond donors (Lipinski definition) is 0. The molecule has 0 bridgehead atoms. The second kappa shape index (κ2) is 4.53. The highest BCUT2D eigenvalue weighted by Crippen LogP contribution is 2.19. The van der Waals surface area contributed by atoms with Crippen LogP contribution >= 0.6 is 0 Å². The molecule has 0 fully saturated rings. The van der Waals surface area contributed by atoms with E-state index in [9.17, 15) is 4.79 Å². The van der Waals surface area contributed by atoms with Gasteiger partial charge in [0.25, 0.3) is 0 Å². The molecule has 16 heavy (non-hydrogen) atoms. The maximum atomic E-state index is 12.1. The minimum absolute atomic E-state index is 0.118. The first-order chi connectivity index (χ1) is 7.83. The van der Waals surface area contributed by atoms with Crippen molar-refractivity contribution in [2.75, 3.05) is 7.11 Å². The first-order valence-corrected chi connectivity index (χ1v) is 4.75. The molecule has 0 radical (unpaired) electrons. The largest absolute Gasteiger partial charge is 0.494 e. The highest BCUT2D eigenvalue weighted by atomic mass is 16.5. The van der Waals surface area contributed by atoms with Gasteiger partial charge in [0, 0.05) is 24.2 Å². The molecule has 2 aromatic rings. The molecule has 0 aliphatic rings. The van der Waals surface area contributed by atoms with E-state index >= 15 is 0 Å². The fourth-order valence-electron chi connectivity index (χ4n) is 1.38. The molecule has 80 valence electrons. The van der Waals surface area contributed by atoms with Crippen molar-refractivity contribution in [3.8, 4) is 5.75 Å². The lowest BCUT2D eigenvalue weighted by Gasteiger charge is -2.05. The van der Waals surface area contributed by atoms with Gasteiger partial charge in [-0.05, 0) is 18.2 Å². The summed E-state index contributed by atoms with van der Waals surface area (Å²) in [4.78, 5) is 19.9. The van der Waals surface area contributed by atoms with E-state index in [1.54, 1.807) is 30.6 Å². The third-order valence-electron chi connectivity index (χ3n) is 2.17. The molecule has 4 heteroatoms. The van der Waals surface area contributed by atoms with Gasteiger partial charge in [0.15, 0.2) is 5.78 Å². The SMILES string of the molecule is COc1cnccc1C(=O)c1cccnc1. The summed E-state index contributed by atoms with van der Waals surface area (Å²) in [5, 5.41) is 0. The number of hydrogen-bond acceptors (Lipinski definition) is 4. The molecule has 0 aromatic carbocycles. The number of rotatable bonds is 3. The number of ether oxygens (including phenoxy) is 1. The van der Waals surface area contributed by atoms with Crippen LogP contribution in [0.3, 0.4) is 0 Å². The quantitative estimate of drug-likeness (QED) is 0.730. The van der Waals surface area contributed by atoms with Crippen molar-refractivity contribution in [3.63, 3.8) is 0 Å². The van der Waals surface area contributed by atoms with E-state index in [-0.39, 0.29) is 5.78 Å². The molecule has 0 saturated heterocycles. The van der Waals surface area contributed by atoms with Crippen LogP contribution < -0.4 is 4.74 Å². The molecular weight excluding hydrogens is 204 g/mol. The maximum Gasteiger partial charge on any atom is 0.198 e. The van der Waals surface area contributed by atoms with Gasteiger partial charge in [0.1, 0.15) is 5.75 Å².